The maximum Gasteiger partial charge on any atom is 0.506 e. The third-order valence-corrected chi connectivity index (χ3v) is 9.88. The van der Waals surface area contributed by atoms with Gasteiger partial charge in [-0.25, -0.2) is 22.6 Å². The number of carboxylic acid groups (broad SMARTS) is 1. The Morgan fingerprint density at radius 2 is 1.89 bits per heavy atom. The van der Waals surface area contributed by atoms with Crippen molar-refractivity contribution in [1.29, 1.82) is 0 Å². The van der Waals surface area contributed by atoms with Gasteiger partial charge in [-0.1, -0.05) is 25.1 Å². The van der Waals surface area contributed by atoms with Crippen LogP contribution in [-0.4, -0.2) is 67.6 Å². The lowest BCUT2D eigenvalue weighted by Gasteiger charge is -2.33. The molecular weight excluding hydrogens is 631 g/mol. The summed E-state index contributed by atoms with van der Waals surface area (Å²) in [6.45, 7) is 3.47. The van der Waals surface area contributed by atoms with Gasteiger partial charge in [0, 0.05) is 41.9 Å². The van der Waals surface area contributed by atoms with Crippen LogP contribution < -0.4 is 20.5 Å². The molecule has 248 valence electrons. The van der Waals surface area contributed by atoms with Crippen LogP contribution in [0.5, 0.6) is 11.5 Å². The van der Waals surface area contributed by atoms with Crippen LogP contribution in [-0.2, 0) is 19.4 Å². The number of aromatic nitrogens is 1. The van der Waals surface area contributed by atoms with E-state index < -0.39 is 45.9 Å². The Labute approximate surface area is 271 Å². The van der Waals surface area contributed by atoms with Gasteiger partial charge in [-0.15, -0.1) is 0 Å². The van der Waals surface area contributed by atoms with Crippen LogP contribution in [0.3, 0.4) is 0 Å². The first-order chi connectivity index (χ1) is 22.5. The minimum absolute atomic E-state index is 0.00382. The molecule has 3 atom stereocenters. The van der Waals surface area contributed by atoms with Crippen LogP contribution in [0, 0.1) is 5.82 Å². The molecule has 0 saturated carbocycles. The summed E-state index contributed by atoms with van der Waals surface area (Å²) < 4.78 is 58.5. The van der Waals surface area contributed by atoms with E-state index in [-0.39, 0.29) is 52.8 Å². The highest BCUT2D eigenvalue weighted by molar-refractivity contribution is 7.91. The highest BCUT2D eigenvalue weighted by Gasteiger charge is 2.45. The van der Waals surface area contributed by atoms with Gasteiger partial charge in [-0.2, -0.15) is 0 Å². The van der Waals surface area contributed by atoms with Crippen molar-refractivity contribution in [2.24, 2.45) is 0 Å². The third kappa shape index (κ3) is 6.73. The molecule has 14 heteroatoms. The summed E-state index contributed by atoms with van der Waals surface area (Å²) in [5.41, 5.74) is 6.59. The second kappa shape index (κ2) is 13.7. The largest absolute Gasteiger partial charge is 0.506 e. The number of nitrogens with zero attached hydrogens (tertiary/aromatic N) is 2. The first-order valence-corrected chi connectivity index (χ1v) is 16.6. The zero-order valence-electron chi connectivity index (χ0n) is 26.0. The number of likely N-dealkylation sites (tertiary alicyclic amines) is 1. The fraction of sp³-hybridized carbons (Fsp3) is 0.303. The number of sulfone groups is 1. The highest BCUT2D eigenvalue weighted by Crippen LogP contribution is 2.42. The molecule has 2 heterocycles. The molecule has 1 amide bonds. The Hall–Kier alpha value is -5.11. The first-order valence-electron chi connectivity index (χ1n) is 14.9. The summed E-state index contributed by atoms with van der Waals surface area (Å²) in [6, 6.07) is 12.9. The lowest BCUT2D eigenvalue weighted by molar-refractivity contribution is -0.134. The van der Waals surface area contributed by atoms with Crippen LogP contribution in [0.15, 0.2) is 71.8 Å². The summed E-state index contributed by atoms with van der Waals surface area (Å²) in [5, 5.41) is 14.1. The van der Waals surface area contributed by atoms with Crippen molar-refractivity contribution < 1.29 is 41.7 Å². The number of halogens is 1. The summed E-state index contributed by atoms with van der Waals surface area (Å²) in [4.78, 5) is 31.9. The number of fused-ring (bicyclic) bond motifs is 1. The molecular formula is C33H35FN4O8S. The van der Waals surface area contributed by atoms with Crippen LogP contribution in [0.1, 0.15) is 43.5 Å². The number of methoxy groups -OCH3 is 1. The van der Waals surface area contributed by atoms with E-state index in [1.807, 2.05) is 0 Å². The van der Waals surface area contributed by atoms with Crippen LogP contribution in [0.25, 0.3) is 10.8 Å². The van der Waals surface area contributed by atoms with Crippen molar-refractivity contribution in [3.63, 3.8) is 0 Å². The number of nitrogens with one attached hydrogen (secondary N) is 1. The number of pyridine rings is 1. The van der Waals surface area contributed by atoms with Crippen molar-refractivity contribution in [2.75, 3.05) is 37.1 Å². The standard InChI is InChI=1S/C33H35FN4O8S/c1-4-45-27-17-23(24(34)18-26(27)44-3)29(37-20-10-11-21-19(16-20)12-14-36-31(21)35)32(39)38-15-13-25(46-33(40)41)30(38)22-8-6-7-9-28(22)47(42,43)5-2/h6-12,14,16-18,25,29-30,37H,4-5,13,15H2,1-3H3,(H2,35,36)(H,40,41)/t25-,29+,30+/m0/s1. The number of carbonyl (C=O) groups excluding carboxylic acids is 1. The molecule has 1 fully saturated rings. The predicted molar refractivity (Wildman–Crippen MR) is 173 cm³/mol. The minimum atomic E-state index is -3.80. The zero-order chi connectivity index (χ0) is 33.9. The molecule has 0 radical (unpaired) electrons. The molecule has 0 bridgehead atoms. The Morgan fingerprint density at radius 3 is 2.60 bits per heavy atom. The summed E-state index contributed by atoms with van der Waals surface area (Å²) in [6.07, 6.45) is -1.05. The van der Waals surface area contributed by atoms with Crippen LogP contribution in [0.2, 0.25) is 0 Å². The number of nitrogen functional groups attached to an aromatic ring is 1. The molecule has 0 aliphatic carbocycles. The quantitative estimate of drug-likeness (QED) is 0.176. The fourth-order valence-corrected chi connectivity index (χ4v) is 7.04. The van der Waals surface area contributed by atoms with E-state index >= 15 is 4.39 Å². The van der Waals surface area contributed by atoms with Gasteiger partial charge in [0.15, 0.2) is 21.3 Å². The summed E-state index contributed by atoms with van der Waals surface area (Å²) >= 11 is 0. The summed E-state index contributed by atoms with van der Waals surface area (Å²) in [5.74, 6) is -1.01. The Morgan fingerprint density at radius 1 is 1.13 bits per heavy atom. The lowest BCUT2D eigenvalue weighted by Crippen LogP contribution is -2.40. The number of nitrogens with two attached hydrogens (primary N) is 1. The average molecular weight is 667 g/mol. The molecule has 1 saturated heterocycles. The van der Waals surface area contributed by atoms with Gasteiger partial charge in [0.1, 0.15) is 23.8 Å². The number of anilines is 2. The molecule has 47 heavy (non-hydrogen) atoms. The van der Waals surface area contributed by atoms with E-state index in [9.17, 15) is 23.1 Å². The van der Waals surface area contributed by atoms with E-state index in [2.05, 4.69) is 10.3 Å². The second-order valence-electron chi connectivity index (χ2n) is 10.8. The molecule has 4 N–H and O–H groups in total. The number of benzene rings is 3. The van der Waals surface area contributed by atoms with Gasteiger partial charge in [-0.05, 0) is 54.3 Å². The van der Waals surface area contributed by atoms with Crippen molar-refractivity contribution in [3.8, 4) is 11.5 Å². The monoisotopic (exact) mass is 666 g/mol. The molecule has 1 aliphatic rings. The molecule has 1 aliphatic heterocycles. The number of hydrogen-bond acceptors (Lipinski definition) is 10. The highest BCUT2D eigenvalue weighted by atomic mass is 32.2. The molecule has 0 spiro atoms. The van der Waals surface area contributed by atoms with Crippen molar-refractivity contribution in [1.82, 2.24) is 9.88 Å². The predicted octanol–water partition coefficient (Wildman–Crippen LogP) is 5.35. The van der Waals surface area contributed by atoms with Crippen LogP contribution in [0.4, 0.5) is 20.7 Å². The van der Waals surface area contributed by atoms with Gasteiger partial charge in [0.2, 0.25) is 5.91 Å². The van der Waals surface area contributed by atoms with Gasteiger partial charge in [0.05, 0.1) is 30.4 Å². The van der Waals surface area contributed by atoms with Gasteiger partial charge in [0.25, 0.3) is 0 Å². The number of rotatable bonds is 11. The molecule has 3 aromatic carbocycles. The number of ether oxygens (including phenoxy) is 3. The van der Waals surface area contributed by atoms with Gasteiger partial charge >= 0.3 is 6.16 Å². The molecule has 0 unspecified atom stereocenters. The van der Waals surface area contributed by atoms with Crippen molar-refractivity contribution >= 4 is 44.2 Å². The Bertz CT molecular complexity index is 1920. The normalized spacial score (nSPS) is 16.9. The zero-order valence-corrected chi connectivity index (χ0v) is 26.8. The topological polar surface area (TPSA) is 170 Å². The Kier molecular flexibility index (Phi) is 9.70. The van der Waals surface area contributed by atoms with Gasteiger partial charge < -0.3 is 35.3 Å². The van der Waals surface area contributed by atoms with E-state index in [0.29, 0.717) is 22.3 Å². The average Bonchev–Trinajstić information content (AvgIpc) is 3.46. The first kappa shape index (κ1) is 33.3. The maximum atomic E-state index is 15.9. The van der Waals surface area contributed by atoms with Gasteiger partial charge in [-0.3, -0.25) is 4.79 Å². The smallest absolute Gasteiger partial charge is 0.493 e. The van der Waals surface area contributed by atoms with Crippen LogP contribution >= 0.6 is 0 Å². The van der Waals surface area contributed by atoms with E-state index in [4.69, 9.17) is 19.9 Å². The number of amides is 1. The number of hydrogen-bond donors (Lipinski definition) is 3. The SMILES string of the molecule is CCOc1cc([C@@H](Nc2ccc3c(N)nccc3c2)C(=O)N2CC[C@H](OC(=O)O)[C@H]2c2ccccc2S(=O)(=O)CC)c(F)cc1OC. The molecule has 1 aromatic heterocycles. The maximum absolute atomic E-state index is 15.9. The second-order valence-corrected chi connectivity index (χ2v) is 13.0. The Balaban J connectivity index is 1.66. The van der Waals surface area contributed by atoms with E-state index in [1.54, 1.807) is 49.5 Å². The third-order valence-electron chi connectivity index (χ3n) is 8.08. The molecule has 12 nitrogen and oxygen atoms in total. The molecule has 4 aromatic rings. The lowest BCUT2D eigenvalue weighted by atomic mass is 9.99. The number of carbonyl (C=O) groups is 2. The van der Waals surface area contributed by atoms with Crippen molar-refractivity contribution in [3.05, 3.63) is 83.8 Å². The van der Waals surface area contributed by atoms with E-state index in [1.165, 1.54) is 37.1 Å². The van der Waals surface area contributed by atoms with E-state index in [0.717, 1.165) is 6.07 Å². The fourth-order valence-electron chi connectivity index (χ4n) is 5.89. The van der Waals surface area contributed by atoms with Crippen molar-refractivity contribution in [2.45, 2.75) is 43.4 Å². The minimum Gasteiger partial charge on any atom is -0.493 e. The molecule has 5 rings (SSSR count). The summed E-state index contributed by atoms with van der Waals surface area (Å²) in [7, 11) is -2.43.